The van der Waals surface area contributed by atoms with Crippen LogP contribution in [0.15, 0.2) is 146 Å². The lowest BCUT2D eigenvalue weighted by Crippen LogP contribution is -1.83. The summed E-state index contributed by atoms with van der Waals surface area (Å²) < 4.78 is 0. The van der Waals surface area contributed by atoms with Gasteiger partial charge in [0, 0.05) is 0 Å². The SMILES string of the molecule is CC.CC.c1ccc2c3c(ccc2c1)-c1c(ccc2ccccc12)C3.c1ccc2cc3c(cc2c1)Cc1ccc2ccccc2c1-3. The molecule has 0 amide bonds. The molecule has 0 fully saturated rings. The number of fused-ring (bicyclic) bond motifs is 13. The van der Waals surface area contributed by atoms with E-state index in [1.165, 1.54) is 87.6 Å². The van der Waals surface area contributed by atoms with Crippen molar-refractivity contribution in [1.82, 2.24) is 0 Å². The first-order valence-corrected chi connectivity index (χ1v) is 16.9. The van der Waals surface area contributed by atoms with Gasteiger partial charge in [-0.2, -0.15) is 0 Å². The van der Waals surface area contributed by atoms with E-state index in [-0.39, 0.29) is 0 Å². The van der Waals surface area contributed by atoms with Gasteiger partial charge in [0.2, 0.25) is 0 Å². The van der Waals surface area contributed by atoms with Crippen molar-refractivity contribution in [3.8, 4) is 22.3 Å². The van der Waals surface area contributed by atoms with Gasteiger partial charge in [-0.3, -0.25) is 0 Å². The standard InChI is InChI=1S/2C21H14.2C2H6/c1-3-7-17-14(5-1)11-12-19-20(17)13-16-10-9-15-6-2-4-8-18(15)21(16)19;1-2-7-16-13-20-18(11-15(16)6-1)12-17-10-9-14-5-3-4-8-19(14)21(17)20;2*1-2/h1-12H,13H2;1-11,13H,12H2;2*1-2H3. The van der Waals surface area contributed by atoms with Crippen LogP contribution in [-0.4, -0.2) is 0 Å². The van der Waals surface area contributed by atoms with E-state index in [9.17, 15) is 0 Å². The molecule has 8 aromatic carbocycles. The zero-order valence-corrected chi connectivity index (χ0v) is 27.3. The van der Waals surface area contributed by atoms with E-state index in [2.05, 4.69) is 146 Å². The molecule has 0 aromatic heterocycles. The number of hydrogen-bond donors (Lipinski definition) is 0. The lowest BCUT2D eigenvalue weighted by molar-refractivity contribution is 1.27. The highest BCUT2D eigenvalue weighted by atomic mass is 14.3. The summed E-state index contributed by atoms with van der Waals surface area (Å²) in [6.45, 7) is 8.00. The molecule has 0 spiro atoms. The van der Waals surface area contributed by atoms with Crippen molar-refractivity contribution in [3.05, 3.63) is 168 Å². The Kier molecular flexibility index (Phi) is 8.12. The molecule has 2 aliphatic carbocycles. The number of rotatable bonds is 0. The molecular weight excluding hydrogens is 553 g/mol. The fourth-order valence-corrected chi connectivity index (χ4v) is 7.39. The maximum atomic E-state index is 2.36. The highest BCUT2D eigenvalue weighted by Gasteiger charge is 2.23. The van der Waals surface area contributed by atoms with Crippen LogP contribution >= 0.6 is 0 Å². The van der Waals surface area contributed by atoms with Gasteiger partial charge in [-0.1, -0.05) is 167 Å². The molecule has 0 heteroatoms. The summed E-state index contributed by atoms with van der Waals surface area (Å²) >= 11 is 0. The lowest BCUT2D eigenvalue weighted by Gasteiger charge is -2.07. The lowest BCUT2D eigenvalue weighted by atomic mass is 9.96. The van der Waals surface area contributed by atoms with Gasteiger partial charge in [-0.25, -0.2) is 0 Å². The largest absolute Gasteiger partial charge is 0.0683 e. The Balaban J connectivity index is 0.000000133. The van der Waals surface area contributed by atoms with E-state index in [0.29, 0.717) is 0 Å². The first-order valence-electron chi connectivity index (χ1n) is 16.9. The quantitative estimate of drug-likeness (QED) is 0.164. The van der Waals surface area contributed by atoms with E-state index in [4.69, 9.17) is 0 Å². The Morgan fingerprint density at radius 1 is 0.326 bits per heavy atom. The number of hydrogen-bond acceptors (Lipinski definition) is 0. The van der Waals surface area contributed by atoms with Gasteiger partial charge in [0.05, 0.1) is 0 Å². The molecular formula is C46H40. The molecule has 224 valence electrons. The summed E-state index contributed by atoms with van der Waals surface area (Å²) in [7, 11) is 0. The zero-order valence-electron chi connectivity index (χ0n) is 27.3. The summed E-state index contributed by atoms with van der Waals surface area (Å²) in [5.41, 5.74) is 11.6. The van der Waals surface area contributed by atoms with Crippen LogP contribution < -0.4 is 0 Å². The first kappa shape index (κ1) is 29.5. The third kappa shape index (κ3) is 4.95. The van der Waals surface area contributed by atoms with Crippen LogP contribution in [0.4, 0.5) is 0 Å². The molecule has 0 nitrogen and oxygen atoms in total. The van der Waals surface area contributed by atoms with Crippen molar-refractivity contribution in [2.24, 2.45) is 0 Å². The highest BCUT2D eigenvalue weighted by molar-refractivity contribution is 6.06. The van der Waals surface area contributed by atoms with E-state index in [0.717, 1.165) is 12.8 Å². The molecule has 10 rings (SSSR count). The van der Waals surface area contributed by atoms with E-state index in [1.54, 1.807) is 0 Å². The van der Waals surface area contributed by atoms with Crippen molar-refractivity contribution in [2.75, 3.05) is 0 Å². The molecule has 0 N–H and O–H groups in total. The fourth-order valence-electron chi connectivity index (χ4n) is 7.39. The maximum Gasteiger partial charge on any atom is -0.000705 e. The summed E-state index contributed by atoms with van der Waals surface area (Å²) in [5.74, 6) is 0. The normalized spacial score (nSPS) is 11.7. The van der Waals surface area contributed by atoms with Crippen molar-refractivity contribution in [3.63, 3.8) is 0 Å². The van der Waals surface area contributed by atoms with Gasteiger partial charge in [-0.05, 0) is 107 Å². The van der Waals surface area contributed by atoms with Crippen LogP contribution in [0.1, 0.15) is 49.9 Å². The molecule has 0 saturated heterocycles. The van der Waals surface area contributed by atoms with Crippen LogP contribution in [0.5, 0.6) is 0 Å². The topological polar surface area (TPSA) is 0 Å². The van der Waals surface area contributed by atoms with E-state index >= 15 is 0 Å². The first-order chi connectivity index (χ1) is 22.8. The molecule has 8 aromatic rings. The van der Waals surface area contributed by atoms with E-state index in [1.807, 2.05) is 27.7 Å². The monoisotopic (exact) mass is 592 g/mol. The van der Waals surface area contributed by atoms with Crippen LogP contribution in [0.3, 0.4) is 0 Å². The predicted molar refractivity (Wildman–Crippen MR) is 202 cm³/mol. The molecule has 2 aliphatic rings. The average Bonchev–Trinajstić information content (AvgIpc) is 3.71. The summed E-state index contributed by atoms with van der Waals surface area (Å²) in [6, 6.07) is 53.2. The van der Waals surface area contributed by atoms with Gasteiger partial charge < -0.3 is 0 Å². The van der Waals surface area contributed by atoms with Crippen LogP contribution in [-0.2, 0) is 12.8 Å². The highest BCUT2D eigenvalue weighted by Crippen LogP contribution is 2.44. The third-order valence-electron chi connectivity index (χ3n) is 9.33. The molecule has 0 radical (unpaired) electrons. The minimum absolute atomic E-state index is 1.05. The van der Waals surface area contributed by atoms with Gasteiger partial charge in [0.1, 0.15) is 0 Å². The summed E-state index contributed by atoms with van der Waals surface area (Å²) in [5, 5.41) is 10.8. The Morgan fingerprint density at radius 3 is 1.37 bits per heavy atom. The molecule has 0 unspecified atom stereocenters. The summed E-state index contributed by atoms with van der Waals surface area (Å²) in [4.78, 5) is 0. The minimum Gasteiger partial charge on any atom is -0.0683 e. The molecule has 46 heavy (non-hydrogen) atoms. The van der Waals surface area contributed by atoms with Gasteiger partial charge in [-0.15, -0.1) is 0 Å². The van der Waals surface area contributed by atoms with Crippen molar-refractivity contribution < 1.29 is 0 Å². The Labute approximate surface area is 273 Å². The molecule has 0 bridgehead atoms. The Bertz CT molecular complexity index is 2300. The van der Waals surface area contributed by atoms with Crippen LogP contribution in [0, 0.1) is 0 Å². The number of benzene rings is 8. The second-order valence-corrected chi connectivity index (χ2v) is 11.7. The average molecular weight is 593 g/mol. The zero-order chi connectivity index (χ0) is 31.6. The van der Waals surface area contributed by atoms with Gasteiger partial charge in [0.15, 0.2) is 0 Å². The van der Waals surface area contributed by atoms with Crippen LogP contribution in [0.25, 0.3) is 65.3 Å². The van der Waals surface area contributed by atoms with Gasteiger partial charge in [0.25, 0.3) is 0 Å². The fraction of sp³-hybridized carbons (Fsp3) is 0.130. The van der Waals surface area contributed by atoms with Crippen molar-refractivity contribution >= 4 is 43.1 Å². The minimum atomic E-state index is 1.05. The van der Waals surface area contributed by atoms with Crippen LogP contribution in [0.2, 0.25) is 0 Å². The molecule has 0 atom stereocenters. The van der Waals surface area contributed by atoms with Crippen molar-refractivity contribution in [1.29, 1.82) is 0 Å². The predicted octanol–water partition coefficient (Wildman–Crippen LogP) is 13.2. The van der Waals surface area contributed by atoms with Crippen molar-refractivity contribution in [2.45, 2.75) is 40.5 Å². The maximum absolute atomic E-state index is 2.36. The summed E-state index contributed by atoms with van der Waals surface area (Å²) in [6.07, 6.45) is 2.11. The van der Waals surface area contributed by atoms with E-state index < -0.39 is 0 Å². The van der Waals surface area contributed by atoms with Gasteiger partial charge >= 0.3 is 0 Å². The third-order valence-corrected chi connectivity index (χ3v) is 9.33. The second kappa shape index (κ2) is 12.7. The molecule has 0 saturated carbocycles. The second-order valence-electron chi connectivity index (χ2n) is 11.7. The molecule has 0 aliphatic heterocycles. The molecule has 0 heterocycles. The Morgan fingerprint density at radius 2 is 0.761 bits per heavy atom. The Hall–Kier alpha value is -5.20. The smallest absolute Gasteiger partial charge is 0.000705 e.